The van der Waals surface area contributed by atoms with E-state index in [4.69, 9.17) is 4.74 Å². The van der Waals surface area contributed by atoms with Crippen LogP contribution in [0.3, 0.4) is 0 Å². The SMILES string of the molecule is COc1ccc(CN2CCN(C(=O)c3cc(C)[nH]n3)CC2CCO)cc1C. The molecule has 1 unspecified atom stereocenters. The van der Waals surface area contributed by atoms with Crippen molar-refractivity contribution < 1.29 is 14.6 Å². The van der Waals surface area contributed by atoms with Crippen LogP contribution in [0.2, 0.25) is 0 Å². The van der Waals surface area contributed by atoms with E-state index >= 15 is 0 Å². The van der Waals surface area contributed by atoms with E-state index in [0.29, 0.717) is 25.2 Å². The molecular weight excluding hydrogens is 344 g/mol. The van der Waals surface area contributed by atoms with Crippen LogP contribution < -0.4 is 4.74 Å². The Labute approximate surface area is 159 Å². The molecule has 1 aliphatic rings. The molecule has 0 aliphatic carbocycles. The van der Waals surface area contributed by atoms with Gasteiger partial charge in [0.25, 0.3) is 5.91 Å². The first-order chi connectivity index (χ1) is 13.0. The number of methoxy groups -OCH3 is 1. The second-order valence-electron chi connectivity index (χ2n) is 7.13. The zero-order valence-electron chi connectivity index (χ0n) is 16.2. The number of benzene rings is 1. The lowest BCUT2D eigenvalue weighted by Gasteiger charge is -2.41. The van der Waals surface area contributed by atoms with E-state index in [9.17, 15) is 9.90 Å². The summed E-state index contributed by atoms with van der Waals surface area (Å²) in [6.07, 6.45) is 0.637. The minimum Gasteiger partial charge on any atom is -0.496 e. The van der Waals surface area contributed by atoms with Gasteiger partial charge < -0.3 is 14.7 Å². The van der Waals surface area contributed by atoms with E-state index in [1.807, 2.05) is 24.8 Å². The van der Waals surface area contributed by atoms with Crippen LogP contribution >= 0.6 is 0 Å². The lowest BCUT2D eigenvalue weighted by Crippen LogP contribution is -2.54. The topological polar surface area (TPSA) is 81.7 Å². The highest BCUT2D eigenvalue weighted by molar-refractivity contribution is 5.92. The molecule has 0 saturated carbocycles. The van der Waals surface area contributed by atoms with Crippen LogP contribution in [0, 0.1) is 13.8 Å². The Balaban J connectivity index is 1.69. The first kappa shape index (κ1) is 19.4. The third-order valence-electron chi connectivity index (χ3n) is 5.12. The number of amides is 1. The number of hydrogen-bond acceptors (Lipinski definition) is 5. The number of aliphatic hydroxyl groups is 1. The molecule has 2 heterocycles. The number of rotatable bonds is 6. The minimum atomic E-state index is -0.0535. The van der Waals surface area contributed by atoms with Crippen molar-refractivity contribution in [2.45, 2.75) is 32.9 Å². The fourth-order valence-corrected chi connectivity index (χ4v) is 3.67. The molecular formula is C20H28N4O3. The summed E-state index contributed by atoms with van der Waals surface area (Å²) in [6, 6.07) is 8.10. The van der Waals surface area contributed by atoms with Gasteiger partial charge in [-0.25, -0.2) is 0 Å². The van der Waals surface area contributed by atoms with Gasteiger partial charge in [-0.15, -0.1) is 0 Å². The summed E-state index contributed by atoms with van der Waals surface area (Å²) < 4.78 is 5.33. The summed E-state index contributed by atoms with van der Waals surface area (Å²) in [5.41, 5.74) is 3.64. The van der Waals surface area contributed by atoms with Gasteiger partial charge in [-0.3, -0.25) is 14.8 Å². The molecule has 1 aromatic carbocycles. The van der Waals surface area contributed by atoms with E-state index in [-0.39, 0.29) is 18.6 Å². The fourth-order valence-electron chi connectivity index (χ4n) is 3.67. The van der Waals surface area contributed by atoms with Gasteiger partial charge in [-0.2, -0.15) is 5.10 Å². The number of ether oxygens (including phenoxy) is 1. The highest BCUT2D eigenvalue weighted by atomic mass is 16.5. The van der Waals surface area contributed by atoms with Crippen molar-refractivity contribution in [1.82, 2.24) is 20.0 Å². The zero-order valence-corrected chi connectivity index (χ0v) is 16.2. The monoisotopic (exact) mass is 372 g/mol. The molecule has 1 atom stereocenters. The Morgan fingerprint density at radius 2 is 2.15 bits per heavy atom. The Bertz CT molecular complexity index is 789. The van der Waals surface area contributed by atoms with Crippen molar-refractivity contribution in [3.05, 3.63) is 46.8 Å². The van der Waals surface area contributed by atoms with Gasteiger partial charge >= 0.3 is 0 Å². The summed E-state index contributed by atoms with van der Waals surface area (Å²) in [5, 5.41) is 16.4. The van der Waals surface area contributed by atoms with E-state index < -0.39 is 0 Å². The molecule has 7 nitrogen and oxygen atoms in total. The number of aliphatic hydroxyl groups excluding tert-OH is 1. The normalized spacial score (nSPS) is 17.9. The minimum absolute atomic E-state index is 0.0535. The average Bonchev–Trinajstić information content (AvgIpc) is 3.09. The standard InChI is InChI=1S/C20H28N4O3/c1-14-10-16(4-5-19(14)27-3)12-23-7-8-24(13-17(23)6-9-25)20(26)18-11-15(2)21-22-18/h4-5,10-11,17,25H,6-9,12-13H2,1-3H3,(H,21,22). The molecule has 1 saturated heterocycles. The van der Waals surface area contributed by atoms with Crippen LogP contribution in [0.25, 0.3) is 0 Å². The van der Waals surface area contributed by atoms with E-state index in [2.05, 4.69) is 27.2 Å². The molecule has 1 aromatic heterocycles. The number of aromatic amines is 1. The van der Waals surface area contributed by atoms with Gasteiger partial charge in [-0.1, -0.05) is 12.1 Å². The maximum Gasteiger partial charge on any atom is 0.274 e. The number of H-pyrrole nitrogens is 1. The molecule has 3 rings (SSSR count). The number of aryl methyl sites for hydroxylation is 2. The largest absolute Gasteiger partial charge is 0.496 e. The van der Waals surface area contributed by atoms with E-state index in [1.165, 1.54) is 5.56 Å². The summed E-state index contributed by atoms with van der Waals surface area (Å²) >= 11 is 0. The number of hydrogen-bond donors (Lipinski definition) is 2. The highest BCUT2D eigenvalue weighted by Gasteiger charge is 2.30. The van der Waals surface area contributed by atoms with Crippen molar-refractivity contribution in [3.8, 4) is 5.75 Å². The molecule has 2 N–H and O–H groups in total. The van der Waals surface area contributed by atoms with E-state index in [0.717, 1.165) is 30.1 Å². The molecule has 0 spiro atoms. The summed E-state index contributed by atoms with van der Waals surface area (Å²) in [7, 11) is 1.68. The third-order valence-corrected chi connectivity index (χ3v) is 5.12. The molecule has 0 radical (unpaired) electrons. The third kappa shape index (κ3) is 4.48. The predicted octanol–water partition coefficient (Wildman–Crippen LogP) is 1.74. The Hall–Kier alpha value is -2.38. The molecule has 1 amide bonds. The first-order valence-corrected chi connectivity index (χ1v) is 9.31. The lowest BCUT2D eigenvalue weighted by atomic mass is 10.1. The number of aromatic nitrogens is 2. The van der Waals surface area contributed by atoms with Crippen LogP contribution in [-0.2, 0) is 6.54 Å². The zero-order chi connectivity index (χ0) is 19.4. The van der Waals surface area contributed by atoms with Crippen molar-refractivity contribution in [1.29, 1.82) is 0 Å². The van der Waals surface area contributed by atoms with Gasteiger partial charge in [0.05, 0.1) is 7.11 Å². The van der Waals surface area contributed by atoms with Gasteiger partial charge in [0.1, 0.15) is 11.4 Å². The number of piperazine rings is 1. The van der Waals surface area contributed by atoms with Crippen molar-refractivity contribution in [3.63, 3.8) is 0 Å². The Morgan fingerprint density at radius 1 is 1.33 bits per heavy atom. The van der Waals surface area contributed by atoms with Crippen LogP contribution in [-0.4, -0.2) is 70.4 Å². The summed E-state index contributed by atoms with van der Waals surface area (Å²) in [4.78, 5) is 16.9. The molecule has 2 aromatic rings. The second-order valence-corrected chi connectivity index (χ2v) is 7.13. The van der Waals surface area contributed by atoms with Gasteiger partial charge in [0, 0.05) is 44.5 Å². The van der Waals surface area contributed by atoms with Gasteiger partial charge in [0.15, 0.2) is 0 Å². The molecule has 1 fully saturated rings. The molecule has 146 valence electrons. The molecule has 27 heavy (non-hydrogen) atoms. The molecule has 7 heteroatoms. The van der Waals surface area contributed by atoms with Gasteiger partial charge in [0.2, 0.25) is 0 Å². The smallest absolute Gasteiger partial charge is 0.274 e. The maximum atomic E-state index is 12.7. The lowest BCUT2D eigenvalue weighted by molar-refractivity contribution is 0.0391. The summed E-state index contributed by atoms with van der Waals surface area (Å²) in [5.74, 6) is 0.831. The van der Waals surface area contributed by atoms with Gasteiger partial charge in [-0.05, 0) is 43.5 Å². The Kier molecular flexibility index (Phi) is 6.13. The fraction of sp³-hybridized carbons (Fsp3) is 0.500. The predicted molar refractivity (Wildman–Crippen MR) is 103 cm³/mol. The number of carbonyl (C=O) groups excluding carboxylic acids is 1. The number of carbonyl (C=O) groups is 1. The maximum absolute atomic E-state index is 12.7. The van der Waals surface area contributed by atoms with Crippen molar-refractivity contribution >= 4 is 5.91 Å². The summed E-state index contributed by atoms with van der Waals surface area (Å²) in [6.45, 7) is 6.83. The quantitative estimate of drug-likeness (QED) is 0.807. The Morgan fingerprint density at radius 3 is 2.78 bits per heavy atom. The van der Waals surface area contributed by atoms with E-state index in [1.54, 1.807) is 13.2 Å². The second kappa shape index (κ2) is 8.54. The van der Waals surface area contributed by atoms with Crippen LogP contribution in [0.4, 0.5) is 0 Å². The van der Waals surface area contributed by atoms with Crippen LogP contribution in [0.15, 0.2) is 24.3 Å². The van der Waals surface area contributed by atoms with Crippen LogP contribution in [0.1, 0.15) is 33.7 Å². The first-order valence-electron chi connectivity index (χ1n) is 9.31. The van der Waals surface area contributed by atoms with Crippen molar-refractivity contribution in [2.75, 3.05) is 33.4 Å². The number of nitrogens with one attached hydrogen (secondary N) is 1. The average molecular weight is 372 g/mol. The molecule has 1 aliphatic heterocycles. The number of nitrogens with zero attached hydrogens (tertiary/aromatic N) is 3. The van der Waals surface area contributed by atoms with Crippen LogP contribution in [0.5, 0.6) is 5.75 Å². The highest BCUT2D eigenvalue weighted by Crippen LogP contribution is 2.22. The molecule has 0 bridgehead atoms. The van der Waals surface area contributed by atoms with Crippen molar-refractivity contribution in [2.24, 2.45) is 0 Å².